The Morgan fingerprint density at radius 1 is 1.31 bits per heavy atom. The van der Waals surface area contributed by atoms with Crippen molar-refractivity contribution in [3.8, 4) is 5.75 Å². The number of aromatic nitrogens is 2. The van der Waals surface area contributed by atoms with Crippen LogP contribution in [-0.4, -0.2) is 54.8 Å². The van der Waals surface area contributed by atoms with Gasteiger partial charge in [-0.15, -0.1) is 0 Å². The van der Waals surface area contributed by atoms with Gasteiger partial charge in [0.25, 0.3) is 0 Å². The number of nitrogens with zero attached hydrogens (tertiary/aromatic N) is 5. The van der Waals surface area contributed by atoms with E-state index in [-0.39, 0.29) is 0 Å². The van der Waals surface area contributed by atoms with Crippen molar-refractivity contribution in [3.63, 3.8) is 0 Å². The summed E-state index contributed by atoms with van der Waals surface area (Å²) < 4.78 is 5.88. The molecule has 3 heterocycles. The second kappa shape index (κ2) is 7.11. The van der Waals surface area contributed by atoms with Crippen molar-refractivity contribution < 1.29 is 4.74 Å². The average molecular weight is 352 g/mol. The molecule has 136 valence electrons. The Labute approximate surface area is 153 Å². The molecule has 0 saturated heterocycles. The van der Waals surface area contributed by atoms with E-state index in [2.05, 4.69) is 68.4 Å². The first kappa shape index (κ1) is 16.5. The third kappa shape index (κ3) is 3.12. The van der Waals surface area contributed by atoms with Crippen LogP contribution in [0.2, 0.25) is 0 Å². The maximum atomic E-state index is 5.88. The number of hydrogen-bond donors (Lipinski definition) is 1. The van der Waals surface area contributed by atoms with Gasteiger partial charge in [-0.3, -0.25) is 4.98 Å². The largest absolute Gasteiger partial charge is 0.490 e. The van der Waals surface area contributed by atoms with Crippen LogP contribution in [0.3, 0.4) is 0 Å². The summed E-state index contributed by atoms with van der Waals surface area (Å²) in [7, 11) is 2.11. The van der Waals surface area contributed by atoms with Gasteiger partial charge >= 0.3 is 0 Å². The number of likely N-dealkylation sites (N-methyl/N-ethyl adjacent to an activating group) is 1. The van der Waals surface area contributed by atoms with Crippen molar-refractivity contribution in [3.05, 3.63) is 48.7 Å². The maximum Gasteiger partial charge on any atom is 0.151 e. The highest BCUT2D eigenvalue weighted by Gasteiger charge is 2.23. The molecular weight excluding hydrogens is 328 g/mol. The Hall–Kier alpha value is -2.96. The Morgan fingerprint density at radius 3 is 2.96 bits per heavy atom. The zero-order chi connectivity index (χ0) is 17.9. The van der Waals surface area contributed by atoms with Crippen molar-refractivity contribution >= 4 is 17.2 Å². The van der Waals surface area contributed by atoms with Crippen LogP contribution in [0.5, 0.6) is 5.75 Å². The van der Waals surface area contributed by atoms with Gasteiger partial charge in [0, 0.05) is 37.9 Å². The number of hydrogen-bond acceptors (Lipinski definition) is 7. The molecule has 26 heavy (non-hydrogen) atoms. The molecule has 1 N–H and O–H groups in total. The molecule has 2 aliphatic rings. The molecule has 0 amide bonds. The summed E-state index contributed by atoms with van der Waals surface area (Å²) in [5, 5.41) is 3.28. The van der Waals surface area contributed by atoms with Crippen LogP contribution in [0.4, 0.5) is 17.2 Å². The van der Waals surface area contributed by atoms with E-state index in [9.17, 15) is 0 Å². The number of anilines is 3. The van der Waals surface area contributed by atoms with Gasteiger partial charge in [-0.2, -0.15) is 0 Å². The highest BCUT2D eigenvalue weighted by molar-refractivity contribution is 5.71. The lowest BCUT2D eigenvalue weighted by Crippen LogP contribution is -2.36. The van der Waals surface area contributed by atoms with E-state index in [4.69, 9.17) is 4.74 Å². The number of benzene rings is 1. The first-order valence-electron chi connectivity index (χ1n) is 8.95. The van der Waals surface area contributed by atoms with Gasteiger partial charge in [-0.05, 0) is 25.1 Å². The number of fused-ring (bicyclic) bond motifs is 1. The van der Waals surface area contributed by atoms with Crippen LogP contribution < -0.4 is 19.9 Å². The van der Waals surface area contributed by atoms with Crippen LogP contribution in [0.1, 0.15) is 6.92 Å². The predicted octanol–water partition coefficient (Wildman–Crippen LogP) is 2.17. The molecular formula is C19H24N6O. The molecule has 0 saturated carbocycles. The number of rotatable bonds is 5. The van der Waals surface area contributed by atoms with Gasteiger partial charge in [0.05, 0.1) is 37.3 Å². The summed E-state index contributed by atoms with van der Waals surface area (Å²) >= 11 is 0. The lowest BCUT2D eigenvalue weighted by atomic mass is 10.2. The molecule has 7 nitrogen and oxygen atoms in total. The molecule has 1 aromatic carbocycles. The van der Waals surface area contributed by atoms with Crippen LogP contribution >= 0.6 is 0 Å². The third-order valence-corrected chi connectivity index (χ3v) is 4.80. The van der Waals surface area contributed by atoms with E-state index >= 15 is 0 Å². The van der Waals surface area contributed by atoms with E-state index < -0.39 is 0 Å². The Bertz CT molecular complexity index is 794. The Balaban J connectivity index is 1.64. The molecule has 0 unspecified atom stereocenters. The Kier molecular flexibility index (Phi) is 4.51. The molecule has 1 aromatic heterocycles. The minimum atomic E-state index is 0.707. The zero-order valence-electron chi connectivity index (χ0n) is 15.2. The monoisotopic (exact) mass is 352 g/mol. The Morgan fingerprint density at radius 2 is 2.23 bits per heavy atom. The molecule has 7 heteroatoms. The van der Waals surface area contributed by atoms with Gasteiger partial charge in [-0.25, -0.2) is 4.98 Å². The van der Waals surface area contributed by atoms with Gasteiger partial charge < -0.3 is 24.8 Å². The number of nitrogens with one attached hydrogen (secondary N) is 1. The van der Waals surface area contributed by atoms with E-state index in [1.165, 1.54) is 5.70 Å². The molecule has 0 spiro atoms. The second-order valence-corrected chi connectivity index (χ2v) is 6.43. The highest BCUT2D eigenvalue weighted by atomic mass is 16.5. The molecule has 0 radical (unpaired) electrons. The minimum absolute atomic E-state index is 0.707. The molecule has 0 aliphatic carbocycles. The molecule has 2 aliphatic heterocycles. The quantitative estimate of drug-likeness (QED) is 0.885. The van der Waals surface area contributed by atoms with Crippen molar-refractivity contribution in [2.45, 2.75) is 6.92 Å². The normalized spacial score (nSPS) is 15.8. The zero-order valence-corrected chi connectivity index (χ0v) is 15.2. The SMILES string of the molecule is CCN(c1ccc2c(c1)N(CC1=CNCN1C)CCO2)c1cnccn1. The highest BCUT2D eigenvalue weighted by Crippen LogP contribution is 2.37. The first-order valence-corrected chi connectivity index (χ1v) is 8.95. The van der Waals surface area contributed by atoms with Crippen molar-refractivity contribution in [1.82, 2.24) is 20.2 Å². The van der Waals surface area contributed by atoms with Crippen molar-refractivity contribution in [1.29, 1.82) is 0 Å². The van der Waals surface area contributed by atoms with E-state index in [1.54, 1.807) is 18.6 Å². The first-order chi connectivity index (χ1) is 12.8. The fourth-order valence-corrected chi connectivity index (χ4v) is 3.37. The van der Waals surface area contributed by atoms with Gasteiger partial charge in [0.15, 0.2) is 5.82 Å². The molecule has 0 atom stereocenters. The summed E-state index contributed by atoms with van der Waals surface area (Å²) in [6, 6.07) is 6.33. The predicted molar refractivity (Wildman–Crippen MR) is 103 cm³/mol. The maximum absolute atomic E-state index is 5.88. The summed E-state index contributed by atoms with van der Waals surface area (Å²) in [5.74, 6) is 1.78. The molecule has 2 aromatic rings. The smallest absolute Gasteiger partial charge is 0.151 e. The van der Waals surface area contributed by atoms with E-state index in [0.29, 0.717) is 6.61 Å². The van der Waals surface area contributed by atoms with E-state index in [0.717, 1.165) is 49.2 Å². The summed E-state index contributed by atoms with van der Waals surface area (Å²) in [5.41, 5.74) is 3.50. The van der Waals surface area contributed by atoms with Crippen LogP contribution in [-0.2, 0) is 0 Å². The number of ether oxygens (including phenoxy) is 1. The standard InChI is InChI=1S/C19H24N6O/c1-3-25(19-12-20-6-7-22-19)15-4-5-18-17(10-15)24(8-9-26-18)13-16-11-21-14-23(16)2/h4-7,10-12,21H,3,8-9,13-14H2,1-2H3. The van der Waals surface area contributed by atoms with Crippen molar-refractivity contribution in [2.24, 2.45) is 0 Å². The van der Waals surface area contributed by atoms with Crippen LogP contribution in [0.25, 0.3) is 0 Å². The van der Waals surface area contributed by atoms with Crippen LogP contribution in [0, 0.1) is 0 Å². The fourth-order valence-electron chi connectivity index (χ4n) is 3.37. The van der Waals surface area contributed by atoms with Crippen molar-refractivity contribution in [2.75, 3.05) is 49.8 Å². The minimum Gasteiger partial charge on any atom is -0.490 e. The van der Waals surface area contributed by atoms with Gasteiger partial charge in [-0.1, -0.05) is 0 Å². The van der Waals surface area contributed by atoms with E-state index in [1.807, 2.05) is 0 Å². The van der Waals surface area contributed by atoms with Gasteiger partial charge in [0.1, 0.15) is 12.4 Å². The summed E-state index contributed by atoms with van der Waals surface area (Å²) in [6.45, 7) is 6.24. The van der Waals surface area contributed by atoms with Crippen LogP contribution in [0.15, 0.2) is 48.7 Å². The third-order valence-electron chi connectivity index (χ3n) is 4.80. The average Bonchev–Trinajstić information content (AvgIpc) is 3.08. The summed E-state index contributed by atoms with van der Waals surface area (Å²) in [6.07, 6.45) is 7.30. The summed E-state index contributed by atoms with van der Waals surface area (Å²) in [4.78, 5) is 15.4. The second-order valence-electron chi connectivity index (χ2n) is 6.43. The van der Waals surface area contributed by atoms with Gasteiger partial charge in [0.2, 0.25) is 0 Å². The lowest BCUT2D eigenvalue weighted by Gasteiger charge is -2.34. The fraction of sp³-hybridized carbons (Fsp3) is 0.368. The lowest BCUT2D eigenvalue weighted by molar-refractivity contribution is 0.306. The molecule has 0 fully saturated rings. The molecule has 0 bridgehead atoms. The molecule has 4 rings (SSSR count). The topological polar surface area (TPSA) is 56.8 Å².